The van der Waals surface area contributed by atoms with E-state index in [1.54, 1.807) is 7.11 Å². The molecule has 0 aromatic heterocycles. The van der Waals surface area contributed by atoms with Crippen LogP contribution in [0.4, 0.5) is 0 Å². The third-order valence-corrected chi connectivity index (χ3v) is 2.78. The van der Waals surface area contributed by atoms with Gasteiger partial charge in [0.1, 0.15) is 0 Å². The van der Waals surface area contributed by atoms with Gasteiger partial charge in [-0.15, -0.1) is 0 Å². The number of rotatable bonds is 8. The second-order valence-electron chi connectivity index (χ2n) is 4.07. The molecule has 90 valence electrons. The summed E-state index contributed by atoms with van der Waals surface area (Å²) in [7, 11) is 1.74. The summed E-state index contributed by atoms with van der Waals surface area (Å²) in [5, 5.41) is 0. The Morgan fingerprint density at radius 2 is 2.33 bits per heavy atom. The highest BCUT2D eigenvalue weighted by Gasteiger charge is 2.18. The van der Waals surface area contributed by atoms with E-state index < -0.39 is 0 Å². The minimum Gasteiger partial charge on any atom is -0.383 e. The summed E-state index contributed by atoms with van der Waals surface area (Å²) in [5.74, 6) is 0. The Morgan fingerprint density at radius 3 is 2.93 bits per heavy atom. The van der Waals surface area contributed by atoms with Gasteiger partial charge < -0.3 is 15.2 Å². The lowest BCUT2D eigenvalue weighted by atomic mass is 10.2. The molecule has 15 heavy (non-hydrogen) atoms. The van der Waals surface area contributed by atoms with Gasteiger partial charge in [-0.25, -0.2) is 0 Å². The highest BCUT2D eigenvalue weighted by atomic mass is 16.5. The molecule has 1 heterocycles. The normalized spacial score (nSPS) is 21.4. The molecule has 1 saturated heterocycles. The molecule has 1 aliphatic rings. The summed E-state index contributed by atoms with van der Waals surface area (Å²) in [6.45, 7) is 5.55. The van der Waals surface area contributed by atoms with E-state index in [1.165, 1.54) is 12.8 Å². The molecule has 0 spiro atoms. The van der Waals surface area contributed by atoms with Gasteiger partial charge in [0.2, 0.25) is 0 Å². The maximum atomic E-state index is 5.63. The summed E-state index contributed by atoms with van der Waals surface area (Å²) >= 11 is 0. The molecular weight excluding hydrogens is 192 g/mol. The van der Waals surface area contributed by atoms with Crippen molar-refractivity contribution in [3.05, 3.63) is 0 Å². The average Bonchev–Trinajstić information content (AvgIpc) is 2.74. The average molecular weight is 216 g/mol. The first kappa shape index (κ1) is 12.9. The largest absolute Gasteiger partial charge is 0.383 e. The molecule has 4 heteroatoms. The lowest BCUT2D eigenvalue weighted by Gasteiger charge is -2.24. The molecule has 1 rings (SSSR count). The van der Waals surface area contributed by atoms with Gasteiger partial charge in [0, 0.05) is 26.8 Å². The van der Waals surface area contributed by atoms with E-state index in [9.17, 15) is 0 Å². The van der Waals surface area contributed by atoms with Crippen LogP contribution in [0.1, 0.15) is 19.3 Å². The van der Waals surface area contributed by atoms with Crippen LogP contribution in [-0.4, -0.2) is 57.5 Å². The Kier molecular flexibility index (Phi) is 6.92. The van der Waals surface area contributed by atoms with E-state index in [-0.39, 0.29) is 0 Å². The van der Waals surface area contributed by atoms with Crippen LogP contribution < -0.4 is 5.73 Å². The molecule has 1 unspecified atom stereocenters. The quantitative estimate of drug-likeness (QED) is 0.640. The molecule has 1 fully saturated rings. The molecule has 2 N–H and O–H groups in total. The zero-order chi connectivity index (χ0) is 10.9. The molecule has 1 atom stereocenters. The zero-order valence-electron chi connectivity index (χ0n) is 9.78. The van der Waals surface area contributed by atoms with Crippen LogP contribution in [0.2, 0.25) is 0 Å². The van der Waals surface area contributed by atoms with Gasteiger partial charge in [0.05, 0.1) is 12.7 Å². The minimum atomic E-state index is 0.430. The third-order valence-electron chi connectivity index (χ3n) is 2.78. The number of hydrogen-bond donors (Lipinski definition) is 1. The van der Waals surface area contributed by atoms with Gasteiger partial charge >= 0.3 is 0 Å². The molecule has 0 radical (unpaired) electrons. The molecule has 0 aromatic rings. The Morgan fingerprint density at radius 1 is 1.47 bits per heavy atom. The summed E-state index contributed by atoms with van der Waals surface area (Å²) in [6, 6.07) is 0. The molecule has 0 aliphatic carbocycles. The monoisotopic (exact) mass is 216 g/mol. The van der Waals surface area contributed by atoms with Gasteiger partial charge in [-0.05, 0) is 32.4 Å². The number of nitrogens with zero attached hydrogens (tertiary/aromatic N) is 1. The number of ether oxygens (including phenoxy) is 2. The molecule has 1 aliphatic heterocycles. The molecule has 0 amide bonds. The first-order valence-corrected chi connectivity index (χ1v) is 5.89. The van der Waals surface area contributed by atoms with Crippen molar-refractivity contribution >= 4 is 0 Å². The second-order valence-corrected chi connectivity index (χ2v) is 4.07. The van der Waals surface area contributed by atoms with Crippen molar-refractivity contribution in [2.75, 3.05) is 46.5 Å². The Labute approximate surface area is 92.7 Å². The van der Waals surface area contributed by atoms with Crippen molar-refractivity contribution in [2.24, 2.45) is 5.73 Å². The molecular formula is C11H24N2O2. The predicted molar refractivity (Wildman–Crippen MR) is 61.0 cm³/mol. The predicted octanol–water partition coefficient (Wildman–Crippen LogP) is 0.463. The maximum Gasteiger partial charge on any atom is 0.0702 e. The summed E-state index contributed by atoms with van der Waals surface area (Å²) in [6.07, 6.45) is 3.89. The van der Waals surface area contributed by atoms with Crippen LogP contribution in [0.5, 0.6) is 0 Å². The van der Waals surface area contributed by atoms with Crippen molar-refractivity contribution in [1.29, 1.82) is 0 Å². The zero-order valence-corrected chi connectivity index (χ0v) is 9.78. The van der Waals surface area contributed by atoms with E-state index in [4.69, 9.17) is 15.2 Å². The van der Waals surface area contributed by atoms with Gasteiger partial charge in [-0.3, -0.25) is 4.90 Å². The first-order valence-electron chi connectivity index (χ1n) is 5.89. The molecule has 0 aromatic carbocycles. The van der Waals surface area contributed by atoms with E-state index in [0.29, 0.717) is 6.10 Å². The standard InChI is InChI=1S/C11H24N2O2/c1-14-9-7-13(6-3-5-12)10-11-4-2-8-15-11/h11H,2-10,12H2,1H3. The Balaban J connectivity index is 2.19. The fourth-order valence-corrected chi connectivity index (χ4v) is 1.91. The van der Waals surface area contributed by atoms with E-state index in [2.05, 4.69) is 4.90 Å². The van der Waals surface area contributed by atoms with E-state index >= 15 is 0 Å². The van der Waals surface area contributed by atoms with E-state index in [0.717, 1.165) is 45.8 Å². The SMILES string of the molecule is COCCN(CCCN)CC1CCCO1. The van der Waals surface area contributed by atoms with Gasteiger partial charge in [-0.2, -0.15) is 0 Å². The van der Waals surface area contributed by atoms with Crippen LogP contribution in [0.25, 0.3) is 0 Å². The molecule has 0 saturated carbocycles. The molecule has 4 nitrogen and oxygen atoms in total. The minimum absolute atomic E-state index is 0.430. The summed E-state index contributed by atoms with van der Waals surface area (Å²) in [4.78, 5) is 2.40. The second kappa shape index (κ2) is 8.05. The van der Waals surface area contributed by atoms with Crippen molar-refractivity contribution in [2.45, 2.75) is 25.4 Å². The van der Waals surface area contributed by atoms with Crippen molar-refractivity contribution in [3.8, 4) is 0 Å². The van der Waals surface area contributed by atoms with E-state index in [1.807, 2.05) is 0 Å². The third kappa shape index (κ3) is 5.47. The van der Waals surface area contributed by atoms with Crippen molar-refractivity contribution in [1.82, 2.24) is 4.90 Å². The highest BCUT2D eigenvalue weighted by Crippen LogP contribution is 2.13. The Hall–Kier alpha value is -0.160. The van der Waals surface area contributed by atoms with Crippen molar-refractivity contribution < 1.29 is 9.47 Å². The smallest absolute Gasteiger partial charge is 0.0702 e. The van der Waals surface area contributed by atoms with Crippen molar-refractivity contribution in [3.63, 3.8) is 0 Å². The highest BCUT2D eigenvalue weighted by molar-refractivity contribution is 4.70. The summed E-state index contributed by atoms with van der Waals surface area (Å²) in [5.41, 5.74) is 5.52. The van der Waals surface area contributed by atoms with Gasteiger partial charge in [0.25, 0.3) is 0 Å². The van der Waals surface area contributed by atoms with Crippen LogP contribution >= 0.6 is 0 Å². The fourth-order valence-electron chi connectivity index (χ4n) is 1.91. The lowest BCUT2D eigenvalue weighted by Crippen LogP contribution is -2.36. The van der Waals surface area contributed by atoms with Crippen LogP contribution in [0.3, 0.4) is 0 Å². The number of hydrogen-bond acceptors (Lipinski definition) is 4. The van der Waals surface area contributed by atoms with Crippen LogP contribution in [0, 0.1) is 0 Å². The lowest BCUT2D eigenvalue weighted by molar-refractivity contribution is 0.0615. The fraction of sp³-hybridized carbons (Fsp3) is 1.00. The number of nitrogens with two attached hydrogens (primary N) is 1. The number of methoxy groups -OCH3 is 1. The van der Waals surface area contributed by atoms with Crippen LogP contribution in [-0.2, 0) is 9.47 Å². The van der Waals surface area contributed by atoms with Gasteiger partial charge in [-0.1, -0.05) is 0 Å². The molecule has 0 bridgehead atoms. The first-order chi connectivity index (χ1) is 7.36. The summed E-state index contributed by atoms with van der Waals surface area (Å²) < 4.78 is 10.7. The van der Waals surface area contributed by atoms with Gasteiger partial charge in [0.15, 0.2) is 0 Å². The topological polar surface area (TPSA) is 47.7 Å². The maximum absolute atomic E-state index is 5.63. The Bertz CT molecular complexity index is 142. The van der Waals surface area contributed by atoms with Crippen LogP contribution in [0.15, 0.2) is 0 Å².